The number of pyridine rings is 1. The van der Waals surface area contributed by atoms with Crippen molar-refractivity contribution >= 4 is 17.7 Å². The van der Waals surface area contributed by atoms with E-state index in [9.17, 15) is 10.1 Å². The van der Waals surface area contributed by atoms with E-state index in [2.05, 4.69) is 18.0 Å². The normalized spacial score (nSPS) is 13.2. The fourth-order valence-electron chi connectivity index (χ4n) is 3.98. The first-order chi connectivity index (χ1) is 16.0. The molecule has 4 rings (SSSR count). The van der Waals surface area contributed by atoms with Crippen molar-refractivity contribution in [3.8, 4) is 28.7 Å². The summed E-state index contributed by atoms with van der Waals surface area (Å²) in [5.74, 6) is 0.918. The van der Waals surface area contributed by atoms with Crippen molar-refractivity contribution in [1.82, 2.24) is 9.88 Å². The van der Waals surface area contributed by atoms with Gasteiger partial charge in [-0.1, -0.05) is 48.2 Å². The summed E-state index contributed by atoms with van der Waals surface area (Å²) in [6.45, 7) is 3.48. The van der Waals surface area contributed by atoms with Crippen molar-refractivity contribution in [1.29, 1.82) is 5.26 Å². The van der Waals surface area contributed by atoms with Gasteiger partial charge in [-0.2, -0.15) is 5.26 Å². The molecule has 168 valence electrons. The Balaban J connectivity index is 1.71. The molecule has 33 heavy (non-hydrogen) atoms. The molecule has 0 unspecified atom stereocenters. The van der Waals surface area contributed by atoms with E-state index < -0.39 is 0 Å². The van der Waals surface area contributed by atoms with Gasteiger partial charge in [0.05, 0.1) is 18.4 Å². The second kappa shape index (κ2) is 10.1. The summed E-state index contributed by atoms with van der Waals surface area (Å²) in [6.07, 6.45) is 0.779. The predicted molar refractivity (Wildman–Crippen MR) is 129 cm³/mol. The number of nitriles is 1. The van der Waals surface area contributed by atoms with E-state index in [0.29, 0.717) is 28.6 Å². The Morgan fingerprint density at radius 2 is 1.91 bits per heavy atom. The Hall–Kier alpha value is -3.34. The predicted octanol–water partition coefficient (Wildman–Crippen LogP) is 4.62. The Kier molecular flexibility index (Phi) is 6.97. The number of ether oxygens (including phenoxy) is 2. The topological polar surface area (TPSA) is 75.4 Å². The van der Waals surface area contributed by atoms with Crippen LogP contribution in [0.4, 0.5) is 0 Å². The van der Waals surface area contributed by atoms with Crippen molar-refractivity contribution in [2.75, 3.05) is 26.5 Å². The molecule has 0 fully saturated rings. The van der Waals surface area contributed by atoms with E-state index >= 15 is 0 Å². The maximum atomic E-state index is 12.5. The zero-order valence-electron chi connectivity index (χ0n) is 18.9. The van der Waals surface area contributed by atoms with Gasteiger partial charge in [0, 0.05) is 36.3 Å². The summed E-state index contributed by atoms with van der Waals surface area (Å²) in [5.41, 5.74) is 5.04. The Morgan fingerprint density at radius 1 is 1.18 bits per heavy atom. The molecule has 3 aromatic rings. The molecule has 0 spiro atoms. The number of aryl methyl sites for hydroxylation is 1. The highest BCUT2D eigenvalue weighted by Crippen LogP contribution is 2.40. The summed E-state index contributed by atoms with van der Waals surface area (Å²) < 4.78 is 11.1. The summed E-state index contributed by atoms with van der Waals surface area (Å²) in [4.78, 5) is 19.6. The van der Waals surface area contributed by atoms with Gasteiger partial charge in [-0.05, 0) is 37.2 Å². The number of fused-ring (bicyclic) bond motifs is 1. The van der Waals surface area contributed by atoms with Gasteiger partial charge in [0.1, 0.15) is 22.6 Å². The van der Waals surface area contributed by atoms with E-state index in [-0.39, 0.29) is 11.7 Å². The van der Waals surface area contributed by atoms with Crippen LogP contribution in [0.5, 0.6) is 11.5 Å². The molecule has 0 bridgehead atoms. The molecule has 1 aliphatic heterocycles. The zero-order chi connectivity index (χ0) is 23.4. The molecule has 6 nitrogen and oxygen atoms in total. The number of thioether (sulfide) groups is 1. The molecule has 0 radical (unpaired) electrons. The number of rotatable bonds is 6. The van der Waals surface area contributed by atoms with Gasteiger partial charge in [0.2, 0.25) is 0 Å². The Morgan fingerprint density at radius 3 is 2.64 bits per heavy atom. The van der Waals surface area contributed by atoms with Crippen LogP contribution >= 0.6 is 11.8 Å². The monoisotopic (exact) mass is 459 g/mol. The minimum absolute atomic E-state index is 0.0556. The number of hydrogen-bond donors (Lipinski definition) is 0. The molecule has 2 heterocycles. The highest BCUT2D eigenvalue weighted by atomic mass is 32.2. The molecule has 0 aliphatic carbocycles. The summed E-state index contributed by atoms with van der Waals surface area (Å²) in [5, 5.41) is 10.7. The Bertz CT molecular complexity index is 1240. The quantitative estimate of drug-likeness (QED) is 0.302. The van der Waals surface area contributed by atoms with Gasteiger partial charge in [-0.3, -0.25) is 4.79 Å². The first kappa shape index (κ1) is 22.8. The van der Waals surface area contributed by atoms with E-state index in [0.717, 1.165) is 40.9 Å². The number of likely N-dealkylation sites (N-methyl/N-ethyl adjacent to an activating group) is 1. The molecule has 0 amide bonds. The molecule has 0 saturated heterocycles. The van der Waals surface area contributed by atoms with E-state index in [1.54, 1.807) is 13.2 Å². The number of hydrogen-bond acceptors (Lipinski definition) is 7. The standard InChI is InChI=1S/C26H25N3O3S/c1-17-8-4-6-10-22(17)32-24(30)16-33-26-19(14-27)25(18-9-5-7-11-23(18)31-3)20-15-29(2)13-12-21(20)28-26/h4-11H,12-13,15-16H2,1-3H3. The van der Waals surface area contributed by atoms with Crippen LogP contribution in [0.25, 0.3) is 11.1 Å². The summed E-state index contributed by atoms with van der Waals surface area (Å²) >= 11 is 1.24. The highest BCUT2D eigenvalue weighted by molar-refractivity contribution is 7.99. The van der Waals surface area contributed by atoms with Crippen molar-refractivity contribution < 1.29 is 14.3 Å². The van der Waals surface area contributed by atoms with Crippen molar-refractivity contribution in [2.45, 2.75) is 24.9 Å². The van der Waals surface area contributed by atoms with Crippen LogP contribution < -0.4 is 9.47 Å². The highest BCUT2D eigenvalue weighted by Gasteiger charge is 2.27. The molecule has 0 N–H and O–H groups in total. The average molecular weight is 460 g/mol. The van der Waals surface area contributed by atoms with Crippen LogP contribution in [-0.4, -0.2) is 42.3 Å². The Labute approximate surface area is 198 Å². The van der Waals surface area contributed by atoms with Crippen LogP contribution in [0.1, 0.15) is 22.4 Å². The molecule has 0 atom stereocenters. The lowest BCUT2D eigenvalue weighted by Gasteiger charge is -2.28. The van der Waals surface area contributed by atoms with Crippen LogP contribution in [0, 0.1) is 18.3 Å². The van der Waals surface area contributed by atoms with Gasteiger partial charge in [-0.15, -0.1) is 0 Å². The lowest BCUT2D eigenvalue weighted by Crippen LogP contribution is -2.28. The van der Waals surface area contributed by atoms with Crippen LogP contribution in [0.2, 0.25) is 0 Å². The minimum atomic E-state index is -0.378. The first-order valence-electron chi connectivity index (χ1n) is 10.7. The van der Waals surface area contributed by atoms with Crippen molar-refractivity contribution in [3.63, 3.8) is 0 Å². The molecule has 1 aromatic heterocycles. The van der Waals surface area contributed by atoms with Gasteiger partial charge < -0.3 is 14.4 Å². The van der Waals surface area contributed by atoms with E-state index in [4.69, 9.17) is 14.5 Å². The molecule has 7 heteroatoms. The molecule has 0 saturated carbocycles. The fourth-order valence-corrected chi connectivity index (χ4v) is 4.76. The van der Waals surface area contributed by atoms with Crippen LogP contribution in [0.3, 0.4) is 0 Å². The smallest absolute Gasteiger partial charge is 0.321 e. The second-order valence-electron chi connectivity index (χ2n) is 7.92. The maximum Gasteiger partial charge on any atom is 0.321 e. The first-order valence-corrected chi connectivity index (χ1v) is 11.7. The van der Waals surface area contributed by atoms with E-state index in [1.807, 2.05) is 49.4 Å². The number of para-hydroxylation sites is 2. The number of carbonyl (C=O) groups is 1. The molecular formula is C26H25N3O3S. The van der Waals surface area contributed by atoms with Crippen LogP contribution in [0.15, 0.2) is 53.6 Å². The molecular weight excluding hydrogens is 434 g/mol. The van der Waals surface area contributed by atoms with Gasteiger partial charge in [0.25, 0.3) is 0 Å². The summed E-state index contributed by atoms with van der Waals surface area (Å²) in [7, 11) is 3.69. The number of nitrogens with zero attached hydrogens (tertiary/aromatic N) is 3. The SMILES string of the molecule is COc1ccccc1-c1c(C#N)c(SCC(=O)Oc2ccccc2C)nc2c1CN(C)CC2. The lowest BCUT2D eigenvalue weighted by atomic mass is 9.91. The maximum absolute atomic E-state index is 12.5. The third kappa shape index (κ3) is 4.87. The molecule has 1 aliphatic rings. The van der Waals surface area contributed by atoms with Gasteiger partial charge in [0.15, 0.2) is 0 Å². The minimum Gasteiger partial charge on any atom is -0.496 e. The fraction of sp³-hybridized carbons (Fsp3) is 0.269. The van der Waals surface area contributed by atoms with Crippen molar-refractivity contribution in [2.24, 2.45) is 0 Å². The van der Waals surface area contributed by atoms with E-state index in [1.165, 1.54) is 11.8 Å². The van der Waals surface area contributed by atoms with Crippen LogP contribution in [-0.2, 0) is 17.8 Å². The number of benzene rings is 2. The number of esters is 1. The number of carbonyl (C=O) groups excluding carboxylic acids is 1. The number of aromatic nitrogens is 1. The number of methoxy groups -OCH3 is 1. The van der Waals surface area contributed by atoms with Gasteiger partial charge in [-0.25, -0.2) is 4.98 Å². The largest absolute Gasteiger partial charge is 0.496 e. The summed E-state index contributed by atoms with van der Waals surface area (Å²) in [6, 6.07) is 17.4. The zero-order valence-corrected chi connectivity index (χ0v) is 19.7. The average Bonchev–Trinajstić information content (AvgIpc) is 2.83. The third-order valence-corrected chi connectivity index (χ3v) is 6.59. The third-order valence-electron chi connectivity index (χ3n) is 5.64. The lowest BCUT2D eigenvalue weighted by molar-refractivity contribution is -0.131. The van der Waals surface area contributed by atoms with Gasteiger partial charge >= 0.3 is 5.97 Å². The molecule has 2 aromatic carbocycles. The second-order valence-corrected chi connectivity index (χ2v) is 8.88. The van der Waals surface area contributed by atoms with Crippen molar-refractivity contribution in [3.05, 3.63) is 70.9 Å².